The summed E-state index contributed by atoms with van der Waals surface area (Å²) < 4.78 is 40.3. The number of nitro benzene ring substituents is 1. The molecular weight excluding hydrogens is 335 g/mol. The van der Waals surface area contributed by atoms with E-state index in [1.807, 2.05) is 0 Å². The van der Waals surface area contributed by atoms with Crippen LogP contribution in [-0.4, -0.2) is 33.4 Å². The van der Waals surface area contributed by atoms with Gasteiger partial charge in [-0.05, 0) is 30.7 Å². The van der Waals surface area contributed by atoms with E-state index in [1.165, 1.54) is 12.1 Å². The van der Waals surface area contributed by atoms with E-state index in [4.69, 9.17) is 0 Å². The van der Waals surface area contributed by atoms with Gasteiger partial charge in [-0.25, -0.2) is 0 Å². The van der Waals surface area contributed by atoms with Crippen LogP contribution < -0.4 is 0 Å². The minimum Gasteiger partial charge on any atom is -0.367 e. The van der Waals surface area contributed by atoms with E-state index in [9.17, 15) is 33.4 Å². The molecule has 0 saturated carbocycles. The second-order valence-electron chi connectivity index (χ2n) is 4.98. The van der Waals surface area contributed by atoms with Crippen LogP contribution in [0.25, 0.3) is 6.08 Å². The topological polar surface area (TPSA) is 108 Å². The molecular formula is C13H10F3N3O5. The Morgan fingerprint density at radius 2 is 1.83 bits per heavy atom. The fourth-order valence-electron chi connectivity index (χ4n) is 2.22. The Bertz CT molecular complexity index is 729. The Labute approximate surface area is 132 Å². The summed E-state index contributed by atoms with van der Waals surface area (Å²) in [7, 11) is 0. The maximum atomic E-state index is 13.4. The third-order valence-corrected chi connectivity index (χ3v) is 3.42. The standard InChI is InChI=1S/C13H10F3N3O5/c1-8-11(19(22)23)12(24-17-8,13(14,15)16)7-6-9-2-4-10(5-3-9)18(20)21/h2-7,11H,1H3/b7-6+/t11-,12-/m0/s1. The van der Waals surface area contributed by atoms with Gasteiger partial charge >= 0.3 is 17.8 Å². The van der Waals surface area contributed by atoms with E-state index in [-0.39, 0.29) is 11.3 Å². The van der Waals surface area contributed by atoms with Crippen molar-refractivity contribution in [2.75, 3.05) is 0 Å². The predicted molar refractivity (Wildman–Crippen MR) is 75.9 cm³/mol. The highest BCUT2D eigenvalue weighted by Gasteiger charge is 2.70. The van der Waals surface area contributed by atoms with Gasteiger partial charge in [0.25, 0.3) is 5.69 Å². The normalized spacial score (nSPS) is 23.8. The van der Waals surface area contributed by atoms with Crippen LogP contribution in [0.2, 0.25) is 0 Å². The second kappa shape index (κ2) is 5.91. The molecule has 0 N–H and O–H groups in total. The molecule has 0 spiro atoms. The number of oxime groups is 1. The number of non-ortho nitro benzene ring substituents is 1. The molecule has 0 aromatic heterocycles. The number of nitrogens with zero attached hydrogens (tertiary/aromatic N) is 3. The quantitative estimate of drug-likeness (QED) is 0.616. The molecule has 2 atom stereocenters. The molecule has 1 aromatic carbocycles. The number of hydrogen-bond donors (Lipinski definition) is 0. The molecule has 24 heavy (non-hydrogen) atoms. The predicted octanol–water partition coefficient (Wildman–Crippen LogP) is 2.96. The van der Waals surface area contributed by atoms with Crippen LogP contribution in [0.1, 0.15) is 12.5 Å². The first-order chi connectivity index (χ1) is 11.1. The van der Waals surface area contributed by atoms with E-state index in [1.54, 1.807) is 0 Å². The van der Waals surface area contributed by atoms with Crippen molar-refractivity contribution in [3.63, 3.8) is 0 Å². The molecule has 0 saturated heterocycles. The van der Waals surface area contributed by atoms with Gasteiger partial charge in [-0.1, -0.05) is 11.2 Å². The van der Waals surface area contributed by atoms with Crippen LogP contribution in [-0.2, 0) is 4.84 Å². The molecule has 0 fully saturated rings. The average Bonchev–Trinajstić information content (AvgIpc) is 2.83. The molecule has 0 bridgehead atoms. The van der Waals surface area contributed by atoms with E-state index >= 15 is 0 Å². The summed E-state index contributed by atoms with van der Waals surface area (Å²) in [5.74, 6) is 0. The van der Waals surface area contributed by atoms with Crippen molar-refractivity contribution in [3.05, 3.63) is 56.1 Å². The highest BCUT2D eigenvalue weighted by molar-refractivity contribution is 5.89. The molecule has 0 aliphatic carbocycles. The molecule has 1 aromatic rings. The molecule has 0 radical (unpaired) electrons. The Morgan fingerprint density at radius 3 is 2.29 bits per heavy atom. The van der Waals surface area contributed by atoms with E-state index in [0.717, 1.165) is 25.1 Å². The van der Waals surface area contributed by atoms with Gasteiger partial charge in [-0.3, -0.25) is 20.2 Å². The fourth-order valence-corrected chi connectivity index (χ4v) is 2.22. The maximum Gasteiger partial charge on any atom is 0.442 e. The molecule has 8 nitrogen and oxygen atoms in total. The van der Waals surface area contributed by atoms with Gasteiger partial charge in [-0.15, -0.1) is 0 Å². The van der Waals surface area contributed by atoms with Gasteiger partial charge in [-0.2, -0.15) is 13.2 Å². The number of hydrogen-bond acceptors (Lipinski definition) is 6. The highest BCUT2D eigenvalue weighted by Crippen LogP contribution is 2.43. The van der Waals surface area contributed by atoms with E-state index < -0.39 is 33.4 Å². The zero-order valence-electron chi connectivity index (χ0n) is 12.1. The molecule has 128 valence electrons. The first-order valence-electron chi connectivity index (χ1n) is 6.45. The summed E-state index contributed by atoms with van der Waals surface area (Å²) >= 11 is 0. The first kappa shape index (κ1) is 17.4. The largest absolute Gasteiger partial charge is 0.442 e. The lowest BCUT2D eigenvalue weighted by molar-refractivity contribution is -0.531. The molecule has 0 amide bonds. The summed E-state index contributed by atoms with van der Waals surface area (Å²) in [5.41, 5.74) is -3.70. The van der Waals surface area contributed by atoms with Crippen molar-refractivity contribution < 1.29 is 27.9 Å². The zero-order valence-corrected chi connectivity index (χ0v) is 12.1. The zero-order chi connectivity index (χ0) is 18.1. The Kier molecular flexibility index (Phi) is 4.28. The van der Waals surface area contributed by atoms with Crippen molar-refractivity contribution >= 4 is 17.5 Å². The van der Waals surface area contributed by atoms with Crippen molar-refractivity contribution in [3.8, 4) is 0 Å². The Balaban J connectivity index is 2.41. The minimum atomic E-state index is -5.09. The van der Waals surface area contributed by atoms with Gasteiger partial charge in [0.1, 0.15) is 5.71 Å². The Morgan fingerprint density at radius 1 is 1.25 bits per heavy atom. The van der Waals surface area contributed by atoms with E-state index in [0.29, 0.717) is 6.08 Å². The minimum absolute atomic E-state index is 0.180. The molecule has 1 heterocycles. The summed E-state index contributed by atoms with van der Waals surface area (Å²) in [6.07, 6.45) is -3.65. The first-order valence-corrected chi connectivity index (χ1v) is 6.45. The van der Waals surface area contributed by atoms with Crippen LogP contribution in [0.3, 0.4) is 0 Å². The third kappa shape index (κ3) is 2.92. The van der Waals surface area contributed by atoms with Crippen LogP contribution in [0.15, 0.2) is 35.5 Å². The van der Waals surface area contributed by atoms with Crippen molar-refractivity contribution in [1.29, 1.82) is 0 Å². The highest BCUT2D eigenvalue weighted by atomic mass is 19.4. The number of halogens is 3. The van der Waals surface area contributed by atoms with Gasteiger partial charge < -0.3 is 4.84 Å². The second-order valence-corrected chi connectivity index (χ2v) is 4.98. The lowest BCUT2D eigenvalue weighted by Gasteiger charge is -2.27. The monoisotopic (exact) mass is 345 g/mol. The van der Waals surface area contributed by atoms with Gasteiger partial charge in [0.15, 0.2) is 0 Å². The van der Waals surface area contributed by atoms with Crippen LogP contribution in [0, 0.1) is 20.2 Å². The van der Waals surface area contributed by atoms with Gasteiger partial charge in [0, 0.05) is 17.1 Å². The summed E-state index contributed by atoms with van der Waals surface area (Å²) in [6.45, 7) is 1.07. The molecule has 1 aliphatic heterocycles. The summed E-state index contributed by atoms with van der Waals surface area (Å²) in [4.78, 5) is 24.2. The number of alkyl halides is 3. The lowest BCUT2D eigenvalue weighted by atomic mass is 9.90. The number of benzene rings is 1. The van der Waals surface area contributed by atoms with Crippen LogP contribution in [0.4, 0.5) is 18.9 Å². The smallest absolute Gasteiger partial charge is 0.367 e. The van der Waals surface area contributed by atoms with E-state index in [2.05, 4.69) is 9.99 Å². The molecule has 1 aliphatic rings. The molecule has 0 unspecified atom stereocenters. The molecule has 2 rings (SSSR count). The number of rotatable bonds is 4. The van der Waals surface area contributed by atoms with Crippen LogP contribution >= 0.6 is 0 Å². The average molecular weight is 345 g/mol. The summed E-state index contributed by atoms with van der Waals surface area (Å²) in [6, 6.07) is 2.40. The Hall–Kier alpha value is -2.98. The SMILES string of the molecule is CC1=NO[C@](/C=C/c2ccc([N+](=O)[O-])cc2)(C(F)(F)F)[C@H]1[N+](=O)[O-]. The fraction of sp³-hybridized carbons (Fsp3) is 0.308. The molecule has 11 heteroatoms. The summed E-state index contributed by atoms with van der Waals surface area (Å²) in [5, 5.41) is 24.7. The van der Waals surface area contributed by atoms with Gasteiger partial charge in [0.2, 0.25) is 0 Å². The lowest BCUT2D eigenvalue weighted by Crippen LogP contribution is -2.56. The van der Waals surface area contributed by atoms with Crippen molar-refractivity contribution in [1.82, 2.24) is 0 Å². The van der Waals surface area contributed by atoms with Crippen molar-refractivity contribution in [2.45, 2.75) is 24.7 Å². The maximum absolute atomic E-state index is 13.4. The van der Waals surface area contributed by atoms with Gasteiger partial charge in [0.05, 0.1) is 4.92 Å². The van der Waals surface area contributed by atoms with Crippen LogP contribution in [0.5, 0.6) is 0 Å². The van der Waals surface area contributed by atoms with Crippen molar-refractivity contribution in [2.24, 2.45) is 5.16 Å². The third-order valence-electron chi connectivity index (χ3n) is 3.42. The number of nitro groups is 2.